The third-order valence-corrected chi connectivity index (χ3v) is 4.82. The molecule has 0 aliphatic rings. The van der Waals surface area contributed by atoms with Crippen LogP contribution >= 0.6 is 11.6 Å². The maximum Gasteiger partial charge on any atom is 0.326 e. The smallest absolute Gasteiger partial charge is 0.326 e. The average Bonchev–Trinajstić information content (AvgIpc) is 2.76. The molecule has 162 valence electrons. The summed E-state index contributed by atoms with van der Waals surface area (Å²) >= 11 is 6.47. The SMILES string of the molecule is CN(C)CCNc1nc(Cl)c(-c2ccccc2)n(CC(=O)OCc2ccccc2)c1=O. The van der Waals surface area contributed by atoms with E-state index >= 15 is 0 Å². The minimum atomic E-state index is -0.537. The number of likely N-dealkylation sites (N-methyl/N-ethyl adjacent to an activating group) is 1. The van der Waals surface area contributed by atoms with Gasteiger partial charge >= 0.3 is 5.97 Å². The quantitative estimate of drug-likeness (QED) is 0.514. The van der Waals surface area contributed by atoms with Crippen molar-refractivity contribution in [3.8, 4) is 11.3 Å². The van der Waals surface area contributed by atoms with Crippen molar-refractivity contribution in [1.82, 2.24) is 14.5 Å². The van der Waals surface area contributed by atoms with E-state index in [1.165, 1.54) is 4.57 Å². The number of nitrogens with zero attached hydrogens (tertiary/aromatic N) is 3. The van der Waals surface area contributed by atoms with Gasteiger partial charge in [-0.2, -0.15) is 0 Å². The van der Waals surface area contributed by atoms with Crippen molar-refractivity contribution in [3.63, 3.8) is 0 Å². The maximum atomic E-state index is 13.2. The Labute approximate surface area is 186 Å². The molecule has 31 heavy (non-hydrogen) atoms. The van der Waals surface area contributed by atoms with E-state index in [0.29, 0.717) is 24.3 Å². The van der Waals surface area contributed by atoms with Crippen molar-refractivity contribution in [1.29, 1.82) is 0 Å². The van der Waals surface area contributed by atoms with Crippen LogP contribution in [0, 0.1) is 0 Å². The van der Waals surface area contributed by atoms with Crippen molar-refractivity contribution in [2.45, 2.75) is 13.2 Å². The number of nitrogens with one attached hydrogen (secondary N) is 1. The second kappa shape index (κ2) is 10.7. The number of anilines is 1. The fourth-order valence-electron chi connectivity index (χ4n) is 2.99. The Balaban J connectivity index is 1.89. The summed E-state index contributed by atoms with van der Waals surface area (Å²) in [5.74, 6) is -0.438. The number of hydrogen-bond donors (Lipinski definition) is 1. The number of carbonyl (C=O) groups excluding carboxylic acids is 1. The summed E-state index contributed by atoms with van der Waals surface area (Å²) < 4.78 is 6.70. The summed E-state index contributed by atoms with van der Waals surface area (Å²) in [5.41, 5.74) is 1.50. The van der Waals surface area contributed by atoms with E-state index in [2.05, 4.69) is 10.3 Å². The van der Waals surface area contributed by atoms with E-state index in [1.54, 1.807) is 0 Å². The maximum absolute atomic E-state index is 13.2. The molecule has 0 fully saturated rings. The van der Waals surface area contributed by atoms with E-state index in [4.69, 9.17) is 16.3 Å². The van der Waals surface area contributed by atoms with Crippen LogP contribution in [0.1, 0.15) is 5.56 Å². The number of hydrogen-bond acceptors (Lipinski definition) is 6. The van der Waals surface area contributed by atoms with Gasteiger partial charge in [-0.05, 0) is 19.7 Å². The standard InChI is InChI=1S/C23H25ClN4O3/c1-27(2)14-13-25-22-23(30)28(15-19(29)31-16-17-9-5-3-6-10-17)20(21(24)26-22)18-11-7-4-8-12-18/h3-12H,13-16H2,1-2H3,(H,25,26). The van der Waals surface area contributed by atoms with Crippen LogP contribution in [0.3, 0.4) is 0 Å². The highest BCUT2D eigenvalue weighted by Crippen LogP contribution is 2.26. The Morgan fingerprint density at radius 1 is 1.10 bits per heavy atom. The zero-order valence-electron chi connectivity index (χ0n) is 17.5. The predicted octanol–water partition coefficient (Wildman–Crippen LogP) is 3.28. The predicted molar refractivity (Wildman–Crippen MR) is 122 cm³/mol. The first-order valence-corrected chi connectivity index (χ1v) is 10.3. The lowest BCUT2D eigenvalue weighted by Gasteiger charge is -2.17. The minimum absolute atomic E-state index is 0.0994. The first-order chi connectivity index (χ1) is 15.0. The van der Waals surface area contributed by atoms with Crippen LogP contribution in [-0.4, -0.2) is 47.6 Å². The number of ether oxygens (including phenoxy) is 1. The average molecular weight is 441 g/mol. The third-order valence-electron chi connectivity index (χ3n) is 4.55. The molecule has 0 bridgehead atoms. The molecule has 1 aromatic heterocycles. The first-order valence-electron chi connectivity index (χ1n) is 9.89. The summed E-state index contributed by atoms with van der Waals surface area (Å²) in [6.07, 6.45) is 0. The molecule has 1 N–H and O–H groups in total. The molecule has 0 aliphatic carbocycles. The fourth-order valence-corrected chi connectivity index (χ4v) is 3.28. The molecular weight excluding hydrogens is 416 g/mol. The summed E-state index contributed by atoms with van der Waals surface area (Å²) in [6.45, 7) is 1.06. The van der Waals surface area contributed by atoms with E-state index in [1.807, 2.05) is 79.7 Å². The van der Waals surface area contributed by atoms with Crippen molar-refractivity contribution in [3.05, 3.63) is 81.7 Å². The molecule has 2 aromatic carbocycles. The first kappa shape index (κ1) is 22.5. The Morgan fingerprint density at radius 3 is 2.39 bits per heavy atom. The number of carbonyl (C=O) groups is 1. The monoisotopic (exact) mass is 440 g/mol. The number of benzene rings is 2. The van der Waals surface area contributed by atoms with Crippen LogP contribution in [-0.2, 0) is 22.7 Å². The van der Waals surface area contributed by atoms with Gasteiger partial charge in [-0.3, -0.25) is 14.2 Å². The van der Waals surface area contributed by atoms with Gasteiger partial charge in [0.25, 0.3) is 5.56 Å². The van der Waals surface area contributed by atoms with Gasteiger partial charge in [0.05, 0.1) is 5.69 Å². The van der Waals surface area contributed by atoms with Gasteiger partial charge in [0.15, 0.2) is 11.0 Å². The lowest BCUT2D eigenvalue weighted by atomic mass is 10.1. The number of esters is 1. The highest BCUT2D eigenvalue weighted by molar-refractivity contribution is 6.32. The van der Waals surface area contributed by atoms with Crippen LogP contribution in [0.25, 0.3) is 11.3 Å². The van der Waals surface area contributed by atoms with Gasteiger partial charge in [0, 0.05) is 18.7 Å². The van der Waals surface area contributed by atoms with Crippen LogP contribution in [0.15, 0.2) is 65.5 Å². The molecule has 0 aliphatic heterocycles. The van der Waals surface area contributed by atoms with Gasteiger partial charge in [-0.15, -0.1) is 0 Å². The number of aromatic nitrogens is 2. The molecule has 3 aromatic rings. The number of halogens is 1. The van der Waals surface area contributed by atoms with E-state index < -0.39 is 11.5 Å². The summed E-state index contributed by atoms with van der Waals surface area (Å²) in [6, 6.07) is 18.5. The van der Waals surface area contributed by atoms with Gasteiger partial charge in [-0.25, -0.2) is 4.98 Å². The van der Waals surface area contributed by atoms with Crippen LogP contribution in [0.5, 0.6) is 0 Å². The van der Waals surface area contributed by atoms with Gasteiger partial charge in [0.2, 0.25) is 0 Å². The zero-order valence-corrected chi connectivity index (χ0v) is 18.3. The van der Waals surface area contributed by atoms with Crippen LogP contribution in [0.2, 0.25) is 5.15 Å². The van der Waals surface area contributed by atoms with Gasteiger partial charge in [-0.1, -0.05) is 72.3 Å². The molecule has 0 amide bonds. The Hall–Kier alpha value is -3.16. The van der Waals surface area contributed by atoms with Crippen LogP contribution < -0.4 is 10.9 Å². The lowest BCUT2D eigenvalue weighted by Crippen LogP contribution is -2.31. The molecular formula is C23H25ClN4O3. The fraction of sp³-hybridized carbons (Fsp3) is 0.261. The van der Waals surface area contributed by atoms with Crippen LogP contribution in [0.4, 0.5) is 5.82 Å². The Morgan fingerprint density at radius 2 is 1.74 bits per heavy atom. The van der Waals surface area contributed by atoms with E-state index in [-0.39, 0.29) is 24.1 Å². The highest BCUT2D eigenvalue weighted by Gasteiger charge is 2.19. The molecule has 0 saturated carbocycles. The van der Waals surface area contributed by atoms with E-state index in [0.717, 1.165) is 5.56 Å². The highest BCUT2D eigenvalue weighted by atomic mass is 35.5. The van der Waals surface area contributed by atoms with Crippen molar-refractivity contribution < 1.29 is 9.53 Å². The van der Waals surface area contributed by atoms with Gasteiger partial charge in [0.1, 0.15) is 13.2 Å². The van der Waals surface area contributed by atoms with E-state index in [9.17, 15) is 9.59 Å². The largest absolute Gasteiger partial charge is 0.459 e. The minimum Gasteiger partial charge on any atom is -0.459 e. The normalized spacial score (nSPS) is 10.8. The second-order valence-electron chi connectivity index (χ2n) is 7.23. The molecule has 0 atom stereocenters. The summed E-state index contributed by atoms with van der Waals surface area (Å²) in [4.78, 5) is 32.0. The van der Waals surface area contributed by atoms with Crippen molar-refractivity contribution in [2.24, 2.45) is 0 Å². The van der Waals surface area contributed by atoms with Crippen molar-refractivity contribution >= 4 is 23.4 Å². The van der Waals surface area contributed by atoms with Gasteiger partial charge < -0.3 is 15.0 Å². The molecule has 0 spiro atoms. The molecule has 3 rings (SSSR count). The second-order valence-corrected chi connectivity index (χ2v) is 7.59. The van der Waals surface area contributed by atoms with Crippen molar-refractivity contribution in [2.75, 3.05) is 32.5 Å². The Bertz CT molecular complexity index is 1070. The topological polar surface area (TPSA) is 76.5 Å². The Kier molecular flexibility index (Phi) is 7.81. The summed E-state index contributed by atoms with van der Waals surface area (Å²) in [5, 5.41) is 3.15. The number of rotatable bonds is 9. The third kappa shape index (κ3) is 6.16. The molecule has 1 heterocycles. The molecule has 0 radical (unpaired) electrons. The molecule has 8 heteroatoms. The molecule has 0 saturated heterocycles. The lowest BCUT2D eigenvalue weighted by molar-refractivity contribution is -0.145. The molecule has 7 nitrogen and oxygen atoms in total. The summed E-state index contributed by atoms with van der Waals surface area (Å²) in [7, 11) is 3.86. The molecule has 0 unspecified atom stereocenters. The zero-order chi connectivity index (χ0) is 22.2.